The highest BCUT2D eigenvalue weighted by Crippen LogP contribution is 2.31. The molecule has 0 aliphatic carbocycles. The van der Waals surface area contributed by atoms with Crippen LogP contribution in [0.1, 0.15) is 17.2 Å². The predicted molar refractivity (Wildman–Crippen MR) is 85.1 cm³/mol. The Labute approximate surface area is 135 Å². The molecule has 0 radical (unpaired) electrons. The number of benzene rings is 2. The molecule has 0 spiro atoms. The van der Waals surface area contributed by atoms with Gasteiger partial charge in [0.1, 0.15) is 19.0 Å². The number of fused-ring (bicyclic) bond motifs is 1. The molecule has 1 atom stereocenters. The van der Waals surface area contributed by atoms with Gasteiger partial charge in [-0.3, -0.25) is 4.90 Å². The molecule has 0 unspecified atom stereocenters. The van der Waals surface area contributed by atoms with Crippen LogP contribution < -0.4 is 9.47 Å². The molecule has 1 heterocycles. The van der Waals surface area contributed by atoms with Crippen molar-refractivity contribution in [3.8, 4) is 11.5 Å². The molecule has 0 amide bonds. The zero-order chi connectivity index (χ0) is 16.2. The Balaban J connectivity index is 1.60. The summed E-state index contributed by atoms with van der Waals surface area (Å²) in [4.78, 5) is 2.01. The number of aliphatic hydroxyl groups is 1. The Hall–Kier alpha value is -2.11. The van der Waals surface area contributed by atoms with Crippen LogP contribution in [0, 0.1) is 5.82 Å². The van der Waals surface area contributed by atoms with Gasteiger partial charge in [-0.1, -0.05) is 18.2 Å². The minimum absolute atomic E-state index is 0.300. The van der Waals surface area contributed by atoms with Gasteiger partial charge in [-0.2, -0.15) is 0 Å². The number of hydrogen-bond acceptors (Lipinski definition) is 4. The van der Waals surface area contributed by atoms with Crippen LogP contribution in [-0.4, -0.2) is 36.8 Å². The van der Waals surface area contributed by atoms with Gasteiger partial charge in [0.15, 0.2) is 11.5 Å². The molecule has 0 saturated heterocycles. The Kier molecular flexibility index (Phi) is 4.79. The van der Waals surface area contributed by atoms with E-state index in [9.17, 15) is 9.50 Å². The molecule has 2 aromatic carbocycles. The molecule has 1 aliphatic rings. The maximum absolute atomic E-state index is 12.9. The quantitative estimate of drug-likeness (QED) is 0.921. The van der Waals surface area contributed by atoms with E-state index < -0.39 is 6.10 Å². The van der Waals surface area contributed by atoms with Crippen molar-refractivity contribution in [1.29, 1.82) is 0 Å². The minimum atomic E-state index is -0.655. The van der Waals surface area contributed by atoms with E-state index in [4.69, 9.17) is 9.47 Å². The number of likely N-dealkylation sites (N-methyl/N-ethyl adjacent to an activating group) is 1. The summed E-state index contributed by atoms with van der Waals surface area (Å²) in [6.45, 7) is 2.28. The topological polar surface area (TPSA) is 41.9 Å². The van der Waals surface area contributed by atoms with Crippen molar-refractivity contribution < 1.29 is 19.0 Å². The summed E-state index contributed by atoms with van der Waals surface area (Å²) >= 11 is 0. The maximum Gasteiger partial charge on any atom is 0.161 e. The molecule has 0 aromatic heterocycles. The highest BCUT2D eigenvalue weighted by molar-refractivity contribution is 5.43. The van der Waals surface area contributed by atoms with Crippen LogP contribution in [-0.2, 0) is 6.54 Å². The van der Waals surface area contributed by atoms with Crippen LogP contribution >= 0.6 is 0 Å². The summed E-state index contributed by atoms with van der Waals surface area (Å²) in [5.41, 5.74) is 1.79. The number of rotatable bonds is 5. The molecular formula is C18H20FNO3. The van der Waals surface area contributed by atoms with Gasteiger partial charge in [-0.25, -0.2) is 4.39 Å². The lowest BCUT2D eigenvalue weighted by Crippen LogP contribution is -2.24. The second-order valence-electron chi connectivity index (χ2n) is 5.74. The van der Waals surface area contributed by atoms with Crippen molar-refractivity contribution in [2.24, 2.45) is 0 Å². The highest BCUT2D eigenvalue weighted by atomic mass is 19.1. The fraction of sp³-hybridized carbons (Fsp3) is 0.333. The first-order chi connectivity index (χ1) is 11.1. The van der Waals surface area contributed by atoms with Crippen molar-refractivity contribution in [3.63, 3.8) is 0 Å². The summed E-state index contributed by atoms with van der Waals surface area (Å²) in [5, 5.41) is 10.2. The molecule has 1 N–H and O–H groups in total. The Morgan fingerprint density at radius 2 is 1.78 bits per heavy atom. The molecule has 0 saturated carbocycles. The van der Waals surface area contributed by atoms with Gasteiger partial charge in [-0.15, -0.1) is 0 Å². The number of nitrogens with zero attached hydrogens (tertiary/aromatic N) is 1. The molecule has 0 bridgehead atoms. The lowest BCUT2D eigenvalue weighted by molar-refractivity contribution is 0.123. The molecule has 0 fully saturated rings. The third-order valence-corrected chi connectivity index (χ3v) is 3.80. The molecule has 1 aliphatic heterocycles. The van der Waals surface area contributed by atoms with Crippen LogP contribution in [0.4, 0.5) is 4.39 Å². The zero-order valence-electron chi connectivity index (χ0n) is 13.0. The van der Waals surface area contributed by atoms with E-state index in [1.807, 2.05) is 30.1 Å². The molecule has 122 valence electrons. The first-order valence-corrected chi connectivity index (χ1v) is 7.62. The third kappa shape index (κ3) is 4.00. The Morgan fingerprint density at radius 1 is 1.09 bits per heavy atom. The summed E-state index contributed by atoms with van der Waals surface area (Å²) in [5.74, 6) is 1.24. The summed E-state index contributed by atoms with van der Waals surface area (Å²) in [6.07, 6.45) is -0.655. The van der Waals surface area contributed by atoms with Crippen molar-refractivity contribution >= 4 is 0 Å². The van der Waals surface area contributed by atoms with E-state index in [2.05, 4.69) is 0 Å². The Bertz CT molecular complexity index is 660. The van der Waals surface area contributed by atoms with Crippen LogP contribution in [0.2, 0.25) is 0 Å². The standard InChI is InChI=1S/C18H20FNO3/c1-20(12-16(21)14-3-5-15(19)6-4-14)11-13-2-7-17-18(10-13)23-9-8-22-17/h2-7,10,16,21H,8-9,11-12H2,1H3/t16-/m0/s1. The van der Waals surface area contributed by atoms with Crippen molar-refractivity contribution in [2.45, 2.75) is 12.6 Å². The number of aliphatic hydroxyl groups excluding tert-OH is 1. The molecule has 4 nitrogen and oxygen atoms in total. The van der Waals surface area contributed by atoms with E-state index in [1.165, 1.54) is 12.1 Å². The van der Waals surface area contributed by atoms with Crippen molar-refractivity contribution in [2.75, 3.05) is 26.8 Å². The second kappa shape index (κ2) is 6.98. The van der Waals surface area contributed by atoms with Gasteiger partial charge in [0.2, 0.25) is 0 Å². The first kappa shape index (κ1) is 15.8. The van der Waals surface area contributed by atoms with E-state index >= 15 is 0 Å². The maximum atomic E-state index is 12.9. The van der Waals surface area contributed by atoms with Crippen molar-refractivity contribution in [3.05, 3.63) is 59.4 Å². The normalized spacial score (nSPS) is 14.8. The first-order valence-electron chi connectivity index (χ1n) is 7.62. The number of halogens is 1. The minimum Gasteiger partial charge on any atom is -0.486 e. The van der Waals surface area contributed by atoms with E-state index in [0.29, 0.717) is 31.9 Å². The lowest BCUT2D eigenvalue weighted by Gasteiger charge is -2.23. The molecular weight excluding hydrogens is 297 g/mol. The van der Waals surface area contributed by atoms with E-state index in [-0.39, 0.29) is 5.82 Å². The van der Waals surface area contributed by atoms with Gasteiger partial charge >= 0.3 is 0 Å². The van der Waals surface area contributed by atoms with Crippen molar-refractivity contribution in [1.82, 2.24) is 4.90 Å². The zero-order valence-corrected chi connectivity index (χ0v) is 13.0. The molecule has 23 heavy (non-hydrogen) atoms. The van der Waals surface area contributed by atoms with Crippen LogP contribution in [0.25, 0.3) is 0 Å². The largest absolute Gasteiger partial charge is 0.486 e. The van der Waals surface area contributed by atoms with E-state index in [0.717, 1.165) is 17.1 Å². The SMILES string of the molecule is CN(Cc1ccc2c(c1)OCCO2)C[C@H](O)c1ccc(F)cc1. The number of hydrogen-bond donors (Lipinski definition) is 1. The van der Waals surface area contributed by atoms with Gasteiger partial charge in [0.25, 0.3) is 0 Å². The average Bonchev–Trinajstić information content (AvgIpc) is 2.55. The highest BCUT2D eigenvalue weighted by Gasteiger charge is 2.14. The van der Waals surface area contributed by atoms with Gasteiger partial charge in [0, 0.05) is 13.1 Å². The van der Waals surface area contributed by atoms with Gasteiger partial charge in [0.05, 0.1) is 6.10 Å². The fourth-order valence-corrected chi connectivity index (χ4v) is 2.65. The van der Waals surface area contributed by atoms with Gasteiger partial charge in [-0.05, 0) is 42.4 Å². The Morgan fingerprint density at radius 3 is 2.52 bits per heavy atom. The van der Waals surface area contributed by atoms with Crippen LogP contribution in [0.15, 0.2) is 42.5 Å². The molecule has 2 aromatic rings. The van der Waals surface area contributed by atoms with Crippen LogP contribution in [0.5, 0.6) is 11.5 Å². The molecule has 5 heteroatoms. The second-order valence-corrected chi connectivity index (χ2v) is 5.74. The van der Waals surface area contributed by atoms with E-state index in [1.54, 1.807) is 12.1 Å². The third-order valence-electron chi connectivity index (χ3n) is 3.80. The predicted octanol–water partition coefficient (Wildman–Crippen LogP) is 2.76. The fourth-order valence-electron chi connectivity index (χ4n) is 2.65. The van der Waals surface area contributed by atoms with Gasteiger partial charge < -0.3 is 14.6 Å². The smallest absolute Gasteiger partial charge is 0.161 e. The average molecular weight is 317 g/mol. The summed E-state index contributed by atoms with van der Waals surface area (Å²) in [6, 6.07) is 11.8. The summed E-state index contributed by atoms with van der Waals surface area (Å²) < 4.78 is 24.0. The summed E-state index contributed by atoms with van der Waals surface area (Å²) in [7, 11) is 1.93. The van der Waals surface area contributed by atoms with Crippen LogP contribution in [0.3, 0.4) is 0 Å². The number of ether oxygens (including phenoxy) is 2. The molecule has 3 rings (SSSR count). The lowest BCUT2D eigenvalue weighted by atomic mass is 10.1. The monoisotopic (exact) mass is 317 g/mol.